The molecule has 0 radical (unpaired) electrons. The van der Waals surface area contributed by atoms with Crippen LogP contribution in [0.3, 0.4) is 0 Å². The highest BCUT2D eigenvalue weighted by atomic mass is 19.1. The van der Waals surface area contributed by atoms with Crippen LogP contribution in [0.4, 0.5) is 10.3 Å². The van der Waals surface area contributed by atoms with Gasteiger partial charge >= 0.3 is 0 Å². The number of fused-ring (bicyclic) bond motifs is 1. The highest BCUT2D eigenvalue weighted by molar-refractivity contribution is 5.98. The quantitative estimate of drug-likeness (QED) is 0.662. The van der Waals surface area contributed by atoms with E-state index < -0.39 is 5.82 Å². The van der Waals surface area contributed by atoms with Crippen molar-refractivity contribution in [1.82, 2.24) is 29.9 Å². The monoisotopic (exact) mass is 407 g/mol. The van der Waals surface area contributed by atoms with Crippen LogP contribution in [0.5, 0.6) is 0 Å². The van der Waals surface area contributed by atoms with Gasteiger partial charge in [-0.05, 0) is 38.5 Å². The number of amides is 1. The summed E-state index contributed by atoms with van der Waals surface area (Å²) in [5, 5.41) is 8.13. The summed E-state index contributed by atoms with van der Waals surface area (Å²) in [4.78, 5) is 27.7. The van der Waals surface area contributed by atoms with E-state index in [1.54, 1.807) is 17.0 Å². The van der Waals surface area contributed by atoms with Crippen molar-refractivity contribution in [3.63, 3.8) is 0 Å². The van der Waals surface area contributed by atoms with Crippen LogP contribution in [0.2, 0.25) is 0 Å². The number of nitrogens with zero attached hydrogens (tertiary/aromatic N) is 7. The second kappa shape index (κ2) is 7.16. The maximum absolute atomic E-state index is 14.7. The van der Waals surface area contributed by atoms with E-state index in [9.17, 15) is 9.18 Å². The molecule has 5 rings (SSSR count). The van der Waals surface area contributed by atoms with Crippen LogP contribution in [-0.4, -0.2) is 61.4 Å². The van der Waals surface area contributed by atoms with E-state index in [1.807, 2.05) is 19.9 Å². The van der Waals surface area contributed by atoms with Crippen molar-refractivity contribution < 1.29 is 9.18 Å². The fourth-order valence-electron chi connectivity index (χ4n) is 4.60. The van der Waals surface area contributed by atoms with Crippen molar-refractivity contribution in [2.75, 3.05) is 24.5 Å². The molecule has 0 N–H and O–H groups in total. The molecule has 8 nitrogen and oxygen atoms in total. The van der Waals surface area contributed by atoms with Crippen LogP contribution >= 0.6 is 0 Å². The van der Waals surface area contributed by atoms with Crippen LogP contribution in [-0.2, 0) is 0 Å². The second-order valence-electron chi connectivity index (χ2n) is 7.92. The van der Waals surface area contributed by atoms with Crippen molar-refractivity contribution in [1.29, 1.82) is 0 Å². The molecule has 2 aromatic heterocycles. The Hall–Kier alpha value is -3.36. The molecule has 0 saturated carbocycles. The molecule has 2 aliphatic rings. The molecule has 0 bridgehead atoms. The molecule has 2 aliphatic heterocycles. The number of halogens is 1. The Morgan fingerprint density at radius 2 is 1.83 bits per heavy atom. The zero-order chi connectivity index (χ0) is 20.8. The lowest BCUT2D eigenvalue weighted by Gasteiger charge is -2.25. The maximum Gasteiger partial charge on any atom is 0.259 e. The summed E-state index contributed by atoms with van der Waals surface area (Å²) < 4.78 is 14.7. The largest absolute Gasteiger partial charge is 0.336 e. The molecular formula is C21H22FN7O. The van der Waals surface area contributed by atoms with Gasteiger partial charge in [-0.2, -0.15) is 15.0 Å². The number of likely N-dealkylation sites (tertiary alicyclic amines) is 1. The van der Waals surface area contributed by atoms with E-state index in [0.29, 0.717) is 30.6 Å². The summed E-state index contributed by atoms with van der Waals surface area (Å²) in [5.41, 5.74) is 2.20. The standard InChI is InChI=1S/C21H22FN7O/c1-13-10-14(2)26-21(25-13)28-9-6-15-11-27(12-18(15)28)20(30)19-16(22)4-3-5-17(19)29-23-7-8-24-29/h3-5,7-8,10,15,18H,6,9,11-12H2,1-2H3/t15-,18+/m0/s1. The highest BCUT2D eigenvalue weighted by Crippen LogP contribution is 2.35. The summed E-state index contributed by atoms with van der Waals surface area (Å²) in [5.74, 6) is 0.121. The average molecular weight is 407 g/mol. The van der Waals surface area contributed by atoms with Crippen LogP contribution in [0.25, 0.3) is 5.69 Å². The van der Waals surface area contributed by atoms with Gasteiger partial charge in [0.15, 0.2) is 0 Å². The average Bonchev–Trinajstić information content (AvgIpc) is 3.43. The first kappa shape index (κ1) is 18.7. The predicted octanol–water partition coefficient (Wildman–Crippen LogP) is 2.16. The number of benzene rings is 1. The lowest BCUT2D eigenvalue weighted by molar-refractivity contribution is 0.0779. The molecule has 0 spiro atoms. The van der Waals surface area contributed by atoms with Gasteiger partial charge in [0.2, 0.25) is 5.95 Å². The Balaban J connectivity index is 1.42. The summed E-state index contributed by atoms with van der Waals surface area (Å²) in [6.07, 6.45) is 3.96. The fraction of sp³-hybridized carbons (Fsp3) is 0.381. The van der Waals surface area contributed by atoms with E-state index in [0.717, 1.165) is 24.4 Å². The van der Waals surface area contributed by atoms with Gasteiger partial charge < -0.3 is 9.80 Å². The first-order chi connectivity index (χ1) is 14.5. The minimum Gasteiger partial charge on any atom is -0.336 e. The third kappa shape index (κ3) is 3.10. The van der Waals surface area contributed by atoms with Gasteiger partial charge in [0.1, 0.15) is 17.1 Å². The molecule has 2 saturated heterocycles. The molecule has 2 atom stereocenters. The van der Waals surface area contributed by atoms with Gasteiger partial charge in [0.25, 0.3) is 5.91 Å². The van der Waals surface area contributed by atoms with Gasteiger partial charge in [-0.25, -0.2) is 14.4 Å². The second-order valence-corrected chi connectivity index (χ2v) is 7.92. The summed E-state index contributed by atoms with van der Waals surface area (Å²) in [7, 11) is 0. The molecule has 154 valence electrons. The zero-order valence-electron chi connectivity index (χ0n) is 16.9. The maximum atomic E-state index is 14.7. The van der Waals surface area contributed by atoms with E-state index in [2.05, 4.69) is 25.1 Å². The normalized spacial score (nSPS) is 20.6. The lowest BCUT2D eigenvalue weighted by Crippen LogP contribution is -2.38. The molecule has 9 heteroatoms. The van der Waals surface area contributed by atoms with Crippen LogP contribution in [0, 0.1) is 25.6 Å². The van der Waals surface area contributed by atoms with Gasteiger partial charge in [0.05, 0.1) is 18.4 Å². The topological polar surface area (TPSA) is 80.0 Å². The van der Waals surface area contributed by atoms with Crippen LogP contribution in [0.15, 0.2) is 36.7 Å². The van der Waals surface area contributed by atoms with Gasteiger partial charge in [0, 0.05) is 36.9 Å². The Kier molecular flexibility index (Phi) is 4.45. The summed E-state index contributed by atoms with van der Waals surface area (Å²) in [6, 6.07) is 6.59. The third-order valence-electron chi connectivity index (χ3n) is 5.90. The first-order valence-electron chi connectivity index (χ1n) is 10.0. The molecule has 1 aromatic carbocycles. The smallest absolute Gasteiger partial charge is 0.259 e. The number of anilines is 1. The molecule has 30 heavy (non-hydrogen) atoms. The Morgan fingerprint density at radius 3 is 2.57 bits per heavy atom. The number of aromatic nitrogens is 5. The van der Waals surface area contributed by atoms with Gasteiger partial charge in [-0.15, -0.1) is 0 Å². The lowest BCUT2D eigenvalue weighted by atomic mass is 10.1. The number of rotatable bonds is 3. The van der Waals surface area contributed by atoms with Crippen molar-refractivity contribution >= 4 is 11.9 Å². The van der Waals surface area contributed by atoms with Gasteiger partial charge in [-0.3, -0.25) is 4.79 Å². The summed E-state index contributed by atoms with van der Waals surface area (Å²) >= 11 is 0. The fourth-order valence-corrected chi connectivity index (χ4v) is 4.60. The molecule has 2 fully saturated rings. The molecular weight excluding hydrogens is 385 g/mol. The number of hydrogen-bond acceptors (Lipinski definition) is 6. The number of carbonyl (C=O) groups is 1. The third-order valence-corrected chi connectivity index (χ3v) is 5.90. The Labute approximate surface area is 173 Å². The molecule has 1 amide bonds. The van der Waals surface area contributed by atoms with Crippen molar-refractivity contribution in [3.05, 3.63) is 59.4 Å². The van der Waals surface area contributed by atoms with Crippen molar-refractivity contribution in [2.45, 2.75) is 26.3 Å². The predicted molar refractivity (Wildman–Crippen MR) is 108 cm³/mol. The SMILES string of the molecule is Cc1cc(C)nc(N2CC[C@H]3CN(C(=O)c4c(F)cccc4-n4nccn4)C[C@H]32)n1. The minimum absolute atomic E-state index is 0.00266. The number of hydrogen-bond donors (Lipinski definition) is 0. The Morgan fingerprint density at radius 1 is 1.10 bits per heavy atom. The first-order valence-corrected chi connectivity index (χ1v) is 10.0. The van der Waals surface area contributed by atoms with E-state index in [1.165, 1.54) is 23.3 Å². The molecule has 0 aliphatic carbocycles. The number of carbonyl (C=O) groups excluding carboxylic acids is 1. The minimum atomic E-state index is -0.568. The van der Waals surface area contributed by atoms with Crippen molar-refractivity contribution in [2.24, 2.45) is 5.92 Å². The van der Waals surface area contributed by atoms with Crippen molar-refractivity contribution in [3.8, 4) is 5.69 Å². The van der Waals surface area contributed by atoms with Crippen LogP contribution in [0.1, 0.15) is 28.2 Å². The van der Waals surface area contributed by atoms with Crippen LogP contribution < -0.4 is 4.90 Å². The van der Waals surface area contributed by atoms with E-state index in [4.69, 9.17) is 0 Å². The molecule has 0 unspecified atom stereocenters. The zero-order valence-corrected chi connectivity index (χ0v) is 16.9. The van der Waals surface area contributed by atoms with E-state index in [-0.39, 0.29) is 17.5 Å². The van der Waals surface area contributed by atoms with E-state index >= 15 is 0 Å². The number of aryl methyl sites for hydroxylation is 2. The summed E-state index contributed by atoms with van der Waals surface area (Å²) in [6.45, 7) is 5.88. The molecule has 3 aromatic rings. The Bertz CT molecular complexity index is 1080. The molecule has 4 heterocycles. The van der Waals surface area contributed by atoms with Gasteiger partial charge in [-0.1, -0.05) is 6.07 Å². The highest BCUT2D eigenvalue weighted by Gasteiger charge is 2.44.